The Kier molecular flexibility index (Phi) is 5.93. The van der Waals surface area contributed by atoms with Gasteiger partial charge in [-0.1, -0.05) is 35.7 Å². The summed E-state index contributed by atoms with van der Waals surface area (Å²) in [7, 11) is 0. The predicted octanol–water partition coefficient (Wildman–Crippen LogP) is 1.33. The van der Waals surface area contributed by atoms with Gasteiger partial charge in [0.15, 0.2) is 5.41 Å². The number of amides is 4. The number of rotatable bonds is 7. The van der Waals surface area contributed by atoms with Gasteiger partial charge in [0.25, 0.3) is 0 Å². The van der Waals surface area contributed by atoms with Crippen molar-refractivity contribution in [3.63, 3.8) is 0 Å². The lowest BCUT2D eigenvalue weighted by Gasteiger charge is -2.39. The number of ether oxygens (including phenoxy) is 1. The predicted molar refractivity (Wildman–Crippen MR) is 72.8 cm³/mol. The molecule has 0 unspecified atom stereocenters. The van der Waals surface area contributed by atoms with E-state index in [-0.39, 0.29) is 0 Å². The lowest BCUT2D eigenvalue weighted by atomic mass is 9.75. The minimum absolute atomic E-state index is 0.347. The highest BCUT2D eigenvalue weighted by atomic mass is 79.9. The molecular formula is C12H19BrN2O4. The molecular weight excluding hydrogens is 316 g/mol. The van der Waals surface area contributed by atoms with Crippen LogP contribution in [0.5, 0.6) is 0 Å². The third kappa shape index (κ3) is 3.14. The number of alkyl halides is 1. The highest BCUT2D eigenvalue weighted by Gasteiger charge is 2.55. The Labute approximate surface area is 120 Å². The molecule has 1 rings (SSSR count). The van der Waals surface area contributed by atoms with Gasteiger partial charge in [-0.3, -0.25) is 20.2 Å². The number of unbranched alkanes of at least 4 members (excludes halogenated alkanes) is 1. The molecule has 1 aliphatic heterocycles. The van der Waals surface area contributed by atoms with Gasteiger partial charge in [-0.05, 0) is 13.3 Å². The van der Waals surface area contributed by atoms with Gasteiger partial charge in [-0.15, -0.1) is 0 Å². The minimum Gasteiger partial charge on any atom is -0.376 e. The fraction of sp³-hybridized carbons (Fsp3) is 0.750. The molecule has 1 saturated heterocycles. The number of hydrogen-bond acceptors (Lipinski definition) is 4. The number of barbiturate groups is 1. The van der Waals surface area contributed by atoms with E-state index in [0.29, 0.717) is 24.8 Å². The molecule has 1 atom stereocenters. The number of hydrogen-bond donors (Lipinski definition) is 2. The van der Waals surface area contributed by atoms with Gasteiger partial charge in [0.2, 0.25) is 11.8 Å². The average Bonchev–Trinajstić information content (AvgIpc) is 2.36. The summed E-state index contributed by atoms with van der Waals surface area (Å²) in [4.78, 5) is 35.6. The maximum atomic E-state index is 12.2. The Balaban J connectivity index is 3.12. The van der Waals surface area contributed by atoms with Gasteiger partial charge >= 0.3 is 6.03 Å². The molecule has 0 radical (unpaired) electrons. The van der Waals surface area contributed by atoms with E-state index in [2.05, 4.69) is 26.6 Å². The van der Waals surface area contributed by atoms with Gasteiger partial charge in [0.05, 0.1) is 6.10 Å². The first-order chi connectivity index (χ1) is 9.02. The molecule has 0 saturated carbocycles. The summed E-state index contributed by atoms with van der Waals surface area (Å²) in [5, 5.41) is 4.69. The molecule has 108 valence electrons. The number of urea groups is 1. The van der Waals surface area contributed by atoms with Crippen LogP contribution in [0.1, 0.15) is 33.1 Å². The number of nitrogens with one attached hydrogen (secondary N) is 2. The molecule has 0 aromatic rings. The summed E-state index contributed by atoms with van der Waals surface area (Å²) in [5.41, 5.74) is -1.34. The van der Waals surface area contributed by atoms with Crippen LogP contribution in [-0.2, 0) is 14.3 Å². The Morgan fingerprint density at radius 1 is 1.21 bits per heavy atom. The van der Waals surface area contributed by atoms with E-state index in [4.69, 9.17) is 4.74 Å². The summed E-state index contributed by atoms with van der Waals surface area (Å²) in [6.45, 7) is 4.16. The van der Waals surface area contributed by atoms with Crippen LogP contribution in [0.3, 0.4) is 0 Å². The Morgan fingerprint density at radius 3 is 2.21 bits per heavy atom. The number of halogens is 1. The molecule has 0 bridgehead atoms. The first-order valence-electron chi connectivity index (χ1n) is 6.37. The first-order valence-corrected chi connectivity index (χ1v) is 7.49. The zero-order valence-corrected chi connectivity index (χ0v) is 12.7. The monoisotopic (exact) mass is 334 g/mol. The number of carbonyl (C=O) groups is 3. The number of carbonyl (C=O) groups excluding carboxylic acids is 3. The smallest absolute Gasteiger partial charge is 0.328 e. The molecule has 6 nitrogen and oxygen atoms in total. The van der Waals surface area contributed by atoms with E-state index in [1.54, 1.807) is 6.92 Å². The van der Waals surface area contributed by atoms with Crippen molar-refractivity contribution in [3.8, 4) is 0 Å². The lowest BCUT2D eigenvalue weighted by molar-refractivity contribution is -0.155. The van der Waals surface area contributed by atoms with Crippen molar-refractivity contribution in [1.82, 2.24) is 10.6 Å². The van der Waals surface area contributed by atoms with E-state index >= 15 is 0 Å². The largest absolute Gasteiger partial charge is 0.376 e. The van der Waals surface area contributed by atoms with Gasteiger partial charge in [-0.25, -0.2) is 4.79 Å². The van der Waals surface area contributed by atoms with Crippen LogP contribution in [0.2, 0.25) is 0 Å². The Hall–Kier alpha value is -0.950. The quantitative estimate of drug-likeness (QED) is 0.543. The van der Waals surface area contributed by atoms with Gasteiger partial charge < -0.3 is 4.74 Å². The van der Waals surface area contributed by atoms with Crippen molar-refractivity contribution in [1.29, 1.82) is 0 Å². The van der Waals surface area contributed by atoms with Crippen molar-refractivity contribution in [2.75, 3.05) is 11.9 Å². The summed E-state index contributed by atoms with van der Waals surface area (Å²) in [6, 6.07) is -0.771. The summed E-state index contributed by atoms with van der Waals surface area (Å²) >= 11 is 3.28. The van der Waals surface area contributed by atoms with Crippen LogP contribution in [0.4, 0.5) is 4.79 Å². The third-order valence-corrected chi connectivity index (χ3v) is 3.83. The van der Waals surface area contributed by atoms with Crippen molar-refractivity contribution in [2.24, 2.45) is 5.41 Å². The summed E-state index contributed by atoms with van der Waals surface area (Å²) in [5.74, 6) is -1.15. The molecule has 0 aromatic heterocycles. The van der Waals surface area contributed by atoms with E-state index in [1.165, 1.54) is 0 Å². The SMILES string of the molecule is CCCCC1([C@@H](CBr)OCC)C(=O)NC(=O)NC1=O. The maximum Gasteiger partial charge on any atom is 0.328 e. The molecule has 19 heavy (non-hydrogen) atoms. The molecule has 4 amide bonds. The van der Waals surface area contributed by atoms with Gasteiger partial charge in [-0.2, -0.15) is 0 Å². The molecule has 1 aliphatic rings. The van der Waals surface area contributed by atoms with E-state index in [0.717, 1.165) is 6.42 Å². The first kappa shape index (κ1) is 16.1. The lowest BCUT2D eigenvalue weighted by Crippen LogP contribution is -2.67. The second-order valence-electron chi connectivity index (χ2n) is 4.41. The molecule has 1 fully saturated rings. The molecule has 7 heteroatoms. The van der Waals surface area contributed by atoms with E-state index < -0.39 is 29.4 Å². The highest BCUT2D eigenvalue weighted by molar-refractivity contribution is 9.09. The van der Waals surface area contributed by atoms with Crippen LogP contribution in [0.25, 0.3) is 0 Å². The fourth-order valence-corrected chi connectivity index (χ4v) is 2.96. The van der Waals surface area contributed by atoms with Crippen molar-refractivity contribution >= 4 is 33.8 Å². The zero-order valence-electron chi connectivity index (χ0n) is 11.1. The highest BCUT2D eigenvalue weighted by Crippen LogP contribution is 2.34. The number of imide groups is 2. The minimum atomic E-state index is -1.34. The standard InChI is InChI=1S/C12H19BrN2O4/c1-3-5-6-12(8(7-13)19-4-2)9(16)14-11(18)15-10(12)17/h8H,3-7H2,1-2H3,(H2,14,15,16,17,18)/t8-/m1/s1. The second kappa shape index (κ2) is 7.00. The van der Waals surface area contributed by atoms with Crippen molar-refractivity contribution < 1.29 is 19.1 Å². The molecule has 1 heterocycles. The van der Waals surface area contributed by atoms with Crippen LogP contribution < -0.4 is 10.6 Å². The fourth-order valence-electron chi connectivity index (χ4n) is 2.22. The zero-order chi connectivity index (χ0) is 14.5. The molecule has 0 spiro atoms. The molecule has 2 N–H and O–H groups in total. The average molecular weight is 335 g/mol. The summed E-state index contributed by atoms with van der Waals surface area (Å²) in [6.07, 6.45) is 1.30. The maximum absolute atomic E-state index is 12.2. The molecule has 0 aliphatic carbocycles. The second-order valence-corrected chi connectivity index (χ2v) is 5.06. The van der Waals surface area contributed by atoms with Crippen LogP contribution in [-0.4, -0.2) is 35.9 Å². The van der Waals surface area contributed by atoms with E-state index in [9.17, 15) is 14.4 Å². The summed E-state index contributed by atoms with van der Waals surface area (Å²) < 4.78 is 5.53. The van der Waals surface area contributed by atoms with Crippen LogP contribution in [0.15, 0.2) is 0 Å². The van der Waals surface area contributed by atoms with Crippen molar-refractivity contribution in [2.45, 2.75) is 39.2 Å². The van der Waals surface area contributed by atoms with Gasteiger partial charge in [0.1, 0.15) is 0 Å². The Morgan fingerprint density at radius 2 is 1.79 bits per heavy atom. The van der Waals surface area contributed by atoms with Crippen LogP contribution in [0, 0.1) is 5.41 Å². The Bertz CT molecular complexity index is 353. The molecule has 0 aromatic carbocycles. The normalized spacial score (nSPS) is 19.8. The van der Waals surface area contributed by atoms with Crippen LogP contribution >= 0.6 is 15.9 Å². The van der Waals surface area contributed by atoms with E-state index in [1.807, 2.05) is 6.92 Å². The topological polar surface area (TPSA) is 84.5 Å². The van der Waals surface area contributed by atoms with Crippen molar-refractivity contribution in [3.05, 3.63) is 0 Å². The van der Waals surface area contributed by atoms with Gasteiger partial charge in [0, 0.05) is 11.9 Å². The third-order valence-electron chi connectivity index (χ3n) is 3.25.